The average Bonchev–Trinajstić information content (AvgIpc) is 3.37. The first-order chi connectivity index (χ1) is 12.7. The SMILES string of the molecule is CC[C@H](c1ccnn1C)n1cnc(-c2ccccc2)c1-c1nccn1C. The third kappa shape index (κ3) is 2.63. The van der Waals surface area contributed by atoms with Crippen LogP contribution in [0.5, 0.6) is 0 Å². The Labute approximate surface area is 152 Å². The van der Waals surface area contributed by atoms with E-state index in [1.54, 1.807) is 0 Å². The van der Waals surface area contributed by atoms with Crippen molar-refractivity contribution in [1.82, 2.24) is 28.9 Å². The molecule has 1 atom stereocenters. The first kappa shape index (κ1) is 16.3. The van der Waals surface area contributed by atoms with E-state index >= 15 is 0 Å². The van der Waals surface area contributed by atoms with Gasteiger partial charge in [-0.15, -0.1) is 0 Å². The standard InChI is InChI=1S/C20H22N6/c1-4-16(17-10-11-23-25(17)3)26-14-22-18(15-8-6-5-7-9-15)19(26)20-21-12-13-24(20)2/h5-14,16H,4H2,1-3H3/t16-/m1/s1. The Morgan fingerprint density at radius 1 is 1.00 bits per heavy atom. The normalized spacial score (nSPS) is 12.4. The number of rotatable bonds is 5. The van der Waals surface area contributed by atoms with Crippen molar-refractivity contribution < 1.29 is 0 Å². The number of nitrogens with zero attached hydrogens (tertiary/aromatic N) is 6. The van der Waals surface area contributed by atoms with Crippen molar-refractivity contribution in [3.8, 4) is 22.8 Å². The molecule has 0 radical (unpaired) electrons. The lowest BCUT2D eigenvalue weighted by molar-refractivity contribution is 0.520. The van der Waals surface area contributed by atoms with Crippen molar-refractivity contribution in [3.05, 3.63) is 67.0 Å². The first-order valence-electron chi connectivity index (χ1n) is 8.78. The van der Waals surface area contributed by atoms with Gasteiger partial charge in [-0.2, -0.15) is 5.10 Å². The van der Waals surface area contributed by atoms with Crippen LogP contribution in [0.2, 0.25) is 0 Å². The van der Waals surface area contributed by atoms with E-state index in [4.69, 9.17) is 4.98 Å². The topological polar surface area (TPSA) is 53.5 Å². The Balaban J connectivity index is 1.95. The van der Waals surface area contributed by atoms with Crippen LogP contribution in [0.3, 0.4) is 0 Å². The maximum atomic E-state index is 4.77. The molecule has 0 bridgehead atoms. The lowest BCUT2D eigenvalue weighted by Crippen LogP contribution is -2.15. The van der Waals surface area contributed by atoms with E-state index in [0.29, 0.717) is 0 Å². The smallest absolute Gasteiger partial charge is 0.158 e. The minimum Gasteiger partial charge on any atom is -0.333 e. The lowest BCUT2D eigenvalue weighted by atomic mass is 10.1. The molecular formula is C20H22N6. The van der Waals surface area contributed by atoms with Crippen molar-refractivity contribution in [1.29, 1.82) is 0 Å². The zero-order chi connectivity index (χ0) is 18.1. The first-order valence-corrected chi connectivity index (χ1v) is 8.78. The third-order valence-electron chi connectivity index (χ3n) is 4.80. The van der Waals surface area contributed by atoms with Gasteiger partial charge in [-0.1, -0.05) is 37.3 Å². The Kier molecular flexibility index (Phi) is 4.16. The second-order valence-electron chi connectivity index (χ2n) is 6.38. The summed E-state index contributed by atoms with van der Waals surface area (Å²) in [5, 5.41) is 4.35. The average molecular weight is 346 g/mol. The zero-order valence-corrected chi connectivity index (χ0v) is 15.2. The van der Waals surface area contributed by atoms with Gasteiger partial charge in [0.15, 0.2) is 5.82 Å². The molecule has 0 aliphatic heterocycles. The van der Waals surface area contributed by atoms with E-state index in [1.165, 1.54) is 0 Å². The molecule has 0 fully saturated rings. The van der Waals surface area contributed by atoms with Gasteiger partial charge in [0.25, 0.3) is 0 Å². The Morgan fingerprint density at radius 2 is 1.81 bits per heavy atom. The number of aryl methyl sites for hydroxylation is 2. The van der Waals surface area contributed by atoms with Gasteiger partial charge in [0, 0.05) is 38.2 Å². The molecule has 1 aromatic carbocycles. The van der Waals surface area contributed by atoms with Crippen LogP contribution in [-0.2, 0) is 14.1 Å². The summed E-state index contributed by atoms with van der Waals surface area (Å²) < 4.78 is 6.19. The highest BCUT2D eigenvalue weighted by Gasteiger charge is 2.24. The molecule has 132 valence electrons. The van der Waals surface area contributed by atoms with Crippen LogP contribution < -0.4 is 0 Å². The highest BCUT2D eigenvalue weighted by molar-refractivity contribution is 5.75. The maximum absolute atomic E-state index is 4.77. The Bertz CT molecular complexity index is 1010. The van der Waals surface area contributed by atoms with Gasteiger partial charge < -0.3 is 9.13 Å². The predicted octanol–water partition coefficient (Wildman–Crippen LogP) is 3.68. The molecule has 3 heterocycles. The van der Waals surface area contributed by atoms with Gasteiger partial charge in [0.1, 0.15) is 5.69 Å². The molecule has 0 spiro atoms. The van der Waals surface area contributed by atoms with Crippen molar-refractivity contribution in [2.45, 2.75) is 19.4 Å². The molecule has 0 amide bonds. The molecule has 0 aliphatic carbocycles. The quantitative estimate of drug-likeness (QED) is 0.554. The van der Waals surface area contributed by atoms with Crippen LogP contribution in [-0.4, -0.2) is 28.9 Å². The number of aromatic nitrogens is 6. The summed E-state index contributed by atoms with van der Waals surface area (Å²) in [7, 11) is 3.99. The summed E-state index contributed by atoms with van der Waals surface area (Å²) in [5.74, 6) is 0.905. The maximum Gasteiger partial charge on any atom is 0.158 e. The fourth-order valence-corrected chi connectivity index (χ4v) is 3.48. The molecule has 3 aromatic heterocycles. The monoisotopic (exact) mass is 346 g/mol. The Hall–Kier alpha value is -3.15. The summed E-state index contributed by atoms with van der Waals surface area (Å²) in [5.41, 5.74) is 4.21. The lowest BCUT2D eigenvalue weighted by Gasteiger charge is -2.20. The van der Waals surface area contributed by atoms with E-state index in [-0.39, 0.29) is 6.04 Å². The van der Waals surface area contributed by atoms with Crippen molar-refractivity contribution in [2.75, 3.05) is 0 Å². The molecule has 0 N–H and O–H groups in total. The molecular weight excluding hydrogens is 324 g/mol. The fraction of sp³-hybridized carbons (Fsp3) is 0.250. The minimum absolute atomic E-state index is 0.138. The molecule has 0 unspecified atom stereocenters. The van der Waals surface area contributed by atoms with Gasteiger partial charge in [0.05, 0.1) is 23.8 Å². The predicted molar refractivity (Wildman–Crippen MR) is 102 cm³/mol. The summed E-state index contributed by atoms with van der Waals surface area (Å²) >= 11 is 0. The number of imidazole rings is 2. The second kappa shape index (κ2) is 6.63. The van der Waals surface area contributed by atoms with Crippen LogP contribution in [0.1, 0.15) is 25.1 Å². The van der Waals surface area contributed by atoms with Crippen molar-refractivity contribution >= 4 is 0 Å². The van der Waals surface area contributed by atoms with Gasteiger partial charge in [-0.05, 0) is 12.5 Å². The molecule has 4 aromatic rings. The van der Waals surface area contributed by atoms with Gasteiger partial charge in [0.2, 0.25) is 0 Å². The molecule has 6 heteroatoms. The summed E-state index contributed by atoms with van der Waals surface area (Å²) in [6.45, 7) is 2.18. The number of hydrogen-bond donors (Lipinski definition) is 0. The zero-order valence-electron chi connectivity index (χ0n) is 15.2. The van der Waals surface area contributed by atoms with Crippen LogP contribution >= 0.6 is 0 Å². The van der Waals surface area contributed by atoms with Gasteiger partial charge in [-0.25, -0.2) is 9.97 Å². The summed E-state index contributed by atoms with van der Waals surface area (Å²) in [6.07, 6.45) is 8.49. The van der Waals surface area contributed by atoms with Crippen molar-refractivity contribution in [3.63, 3.8) is 0 Å². The molecule has 6 nitrogen and oxygen atoms in total. The second-order valence-corrected chi connectivity index (χ2v) is 6.38. The minimum atomic E-state index is 0.138. The van der Waals surface area contributed by atoms with Crippen LogP contribution in [0, 0.1) is 0 Å². The van der Waals surface area contributed by atoms with E-state index in [1.807, 2.05) is 66.5 Å². The highest BCUT2D eigenvalue weighted by Crippen LogP contribution is 2.34. The molecule has 0 aliphatic rings. The van der Waals surface area contributed by atoms with Crippen LogP contribution in [0.15, 0.2) is 61.3 Å². The fourth-order valence-electron chi connectivity index (χ4n) is 3.48. The molecule has 4 rings (SSSR count). The molecule has 0 saturated carbocycles. The van der Waals surface area contributed by atoms with Crippen LogP contribution in [0.4, 0.5) is 0 Å². The summed E-state index contributed by atoms with van der Waals surface area (Å²) in [6, 6.07) is 12.5. The van der Waals surface area contributed by atoms with Gasteiger partial charge >= 0.3 is 0 Å². The third-order valence-corrected chi connectivity index (χ3v) is 4.80. The largest absolute Gasteiger partial charge is 0.333 e. The highest BCUT2D eigenvalue weighted by atomic mass is 15.3. The summed E-state index contributed by atoms with van der Waals surface area (Å²) in [4.78, 5) is 9.38. The van der Waals surface area contributed by atoms with E-state index < -0.39 is 0 Å². The number of hydrogen-bond acceptors (Lipinski definition) is 3. The van der Waals surface area contributed by atoms with E-state index in [0.717, 1.165) is 34.9 Å². The number of benzene rings is 1. The molecule has 26 heavy (non-hydrogen) atoms. The van der Waals surface area contributed by atoms with E-state index in [9.17, 15) is 0 Å². The van der Waals surface area contributed by atoms with Gasteiger partial charge in [-0.3, -0.25) is 4.68 Å². The Morgan fingerprint density at radius 3 is 2.42 bits per heavy atom. The molecule has 0 saturated heterocycles. The van der Waals surface area contributed by atoms with Crippen LogP contribution in [0.25, 0.3) is 22.8 Å². The van der Waals surface area contributed by atoms with Crippen molar-refractivity contribution in [2.24, 2.45) is 14.1 Å². The van der Waals surface area contributed by atoms with E-state index in [2.05, 4.69) is 39.8 Å².